The van der Waals surface area contributed by atoms with E-state index in [4.69, 9.17) is 10.7 Å². The number of fused-ring (bicyclic) bond motifs is 8. The van der Waals surface area contributed by atoms with Gasteiger partial charge in [0.2, 0.25) is 0 Å². The molecule has 2 atom stereocenters. The van der Waals surface area contributed by atoms with E-state index < -0.39 is 6.17 Å². The van der Waals surface area contributed by atoms with Crippen LogP contribution in [0.5, 0.6) is 0 Å². The molecule has 2 heterocycles. The minimum Gasteiger partial charge on any atom is -0.351 e. The molecule has 0 amide bonds. The van der Waals surface area contributed by atoms with Gasteiger partial charge >= 0.3 is 0 Å². The molecule has 0 radical (unpaired) electrons. The molecule has 5 heteroatoms. The zero-order valence-corrected chi connectivity index (χ0v) is 26.5. The van der Waals surface area contributed by atoms with Gasteiger partial charge in [0.05, 0.1) is 28.1 Å². The molecule has 2 aromatic heterocycles. The van der Waals surface area contributed by atoms with E-state index in [1.807, 2.05) is 48.5 Å². The first-order valence-corrected chi connectivity index (χ1v) is 16.6. The zero-order valence-electron chi connectivity index (χ0n) is 26.5. The predicted molar refractivity (Wildman–Crippen MR) is 201 cm³/mol. The van der Waals surface area contributed by atoms with Crippen molar-refractivity contribution in [1.82, 2.24) is 14.5 Å². The summed E-state index contributed by atoms with van der Waals surface area (Å²) in [5.74, 6) is 0.763. The summed E-state index contributed by atoms with van der Waals surface area (Å²) in [6, 6.07) is 47.4. The summed E-state index contributed by atoms with van der Waals surface area (Å²) in [6.45, 7) is 0.434. The molecule has 6 aromatic carbocycles. The summed E-state index contributed by atoms with van der Waals surface area (Å²) in [4.78, 5) is 5.24. The average molecular weight is 622 g/mol. The quantitative estimate of drug-likeness (QED) is 0.110. The van der Waals surface area contributed by atoms with E-state index in [0.29, 0.717) is 6.67 Å². The Bertz CT molecular complexity index is 2550. The number of benzene rings is 6. The highest BCUT2D eigenvalue weighted by Crippen LogP contribution is 2.42. The fraction of sp³-hybridized carbons (Fsp3) is 0.0930. The lowest BCUT2D eigenvalue weighted by Gasteiger charge is -2.19. The summed E-state index contributed by atoms with van der Waals surface area (Å²) in [6.07, 6.45) is 9.48. The first-order chi connectivity index (χ1) is 23.7. The summed E-state index contributed by atoms with van der Waals surface area (Å²) in [7, 11) is 0. The Morgan fingerprint density at radius 1 is 0.688 bits per heavy atom. The number of rotatable bonds is 6. The number of nitrogens with two attached hydrogens (primary N) is 1. The maximum atomic E-state index is 6.68. The molecule has 1 aliphatic carbocycles. The molecule has 5 nitrogen and oxygen atoms in total. The second kappa shape index (κ2) is 11.7. The van der Waals surface area contributed by atoms with Crippen molar-refractivity contribution < 1.29 is 0 Å². The number of aliphatic imine (C=N–C) groups is 1. The minimum absolute atomic E-state index is 0.234. The topological polar surface area (TPSA) is 60.3 Å². The highest BCUT2D eigenvalue weighted by atomic mass is 15.1. The maximum Gasteiger partial charge on any atom is 0.131 e. The highest BCUT2D eigenvalue weighted by molar-refractivity contribution is 6.24. The molecule has 0 bridgehead atoms. The molecule has 1 aliphatic rings. The third kappa shape index (κ3) is 4.71. The average Bonchev–Trinajstić information content (AvgIpc) is 3.65. The van der Waals surface area contributed by atoms with Gasteiger partial charge in [-0.2, -0.15) is 0 Å². The van der Waals surface area contributed by atoms with E-state index in [-0.39, 0.29) is 6.04 Å². The van der Waals surface area contributed by atoms with Crippen LogP contribution in [0.15, 0.2) is 163 Å². The van der Waals surface area contributed by atoms with Crippen molar-refractivity contribution in [3.8, 4) is 0 Å². The third-order valence-electron chi connectivity index (χ3n) is 9.74. The van der Waals surface area contributed by atoms with Crippen LogP contribution in [0, 0.1) is 0 Å². The smallest absolute Gasteiger partial charge is 0.131 e. The molecule has 0 aliphatic heterocycles. The van der Waals surface area contributed by atoms with Gasteiger partial charge < -0.3 is 20.2 Å². The van der Waals surface area contributed by atoms with Crippen molar-refractivity contribution in [2.45, 2.75) is 25.3 Å². The molecule has 0 saturated carbocycles. The number of allylic oxidation sites excluding steroid dienone is 4. The maximum absolute atomic E-state index is 6.68. The highest BCUT2D eigenvalue weighted by Gasteiger charge is 2.21. The van der Waals surface area contributed by atoms with E-state index in [1.54, 1.807) is 0 Å². The minimum atomic E-state index is -0.397. The van der Waals surface area contributed by atoms with E-state index in [0.717, 1.165) is 34.4 Å². The predicted octanol–water partition coefficient (Wildman–Crippen LogP) is 9.76. The van der Waals surface area contributed by atoms with Crippen LogP contribution in [-0.2, 0) is 6.67 Å². The lowest BCUT2D eigenvalue weighted by atomic mass is 10.0. The Balaban J connectivity index is 1.27. The molecule has 2 unspecified atom stereocenters. The number of para-hydroxylation sites is 1. The number of aromatic nitrogens is 2. The Morgan fingerprint density at radius 3 is 2.25 bits per heavy atom. The van der Waals surface area contributed by atoms with E-state index in [1.165, 1.54) is 43.4 Å². The standard InChI is InChI=1S/C43H35N5/c44-42(30-15-4-1-5-16-30)46-43(31-17-6-2-7-18-31)45-28-47-37-23-13-12-22-34(37)35-26-36-40(27-39(35)47)48(32-19-8-3-9-20-32)38-25-24-29-14-10-11-21-33(29)41(36)38/h1-19,21-27,32,42H,20,28,44H2,(H,45,46). The van der Waals surface area contributed by atoms with E-state index in [9.17, 15) is 0 Å². The Labute approximate surface area is 278 Å². The third-order valence-corrected chi connectivity index (χ3v) is 9.74. The van der Waals surface area contributed by atoms with Crippen LogP contribution in [0.2, 0.25) is 0 Å². The molecular formula is C43H35N5. The second-order valence-corrected chi connectivity index (χ2v) is 12.5. The first-order valence-electron chi connectivity index (χ1n) is 16.6. The molecule has 3 N–H and O–H groups in total. The lowest BCUT2D eigenvalue weighted by molar-refractivity contribution is 0.648. The number of hydrogen-bond acceptors (Lipinski definition) is 2. The number of nitrogens with zero attached hydrogens (tertiary/aromatic N) is 3. The lowest BCUT2D eigenvalue weighted by Crippen LogP contribution is -2.35. The van der Waals surface area contributed by atoms with Gasteiger partial charge in [-0.05, 0) is 47.0 Å². The van der Waals surface area contributed by atoms with Crippen LogP contribution in [0.4, 0.5) is 0 Å². The van der Waals surface area contributed by atoms with Gasteiger partial charge in [-0.3, -0.25) is 0 Å². The number of amidine groups is 1. The van der Waals surface area contributed by atoms with Gasteiger partial charge in [0.25, 0.3) is 0 Å². The van der Waals surface area contributed by atoms with Gasteiger partial charge in [0, 0.05) is 27.1 Å². The Hall–Kier alpha value is -5.91. The van der Waals surface area contributed by atoms with Crippen molar-refractivity contribution >= 4 is 60.2 Å². The van der Waals surface area contributed by atoms with Crippen LogP contribution in [0.25, 0.3) is 54.4 Å². The van der Waals surface area contributed by atoms with Gasteiger partial charge in [0.1, 0.15) is 18.7 Å². The first kappa shape index (κ1) is 28.3. The zero-order chi connectivity index (χ0) is 32.0. The summed E-state index contributed by atoms with van der Waals surface area (Å²) < 4.78 is 4.89. The molecule has 232 valence electrons. The molecular weight excluding hydrogens is 587 g/mol. The largest absolute Gasteiger partial charge is 0.351 e. The van der Waals surface area contributed by atoms with Crippen LogP contribution in [0.1, 0.15) is 29.8 Å². The van der Waals surface area contributed by atoms with Gasteiger partial charge in [0.15, 0.2) is 0 Å². The fourth-order valence-corrected chi connectivity index (χ4v) is 7.47. The summed E-state index contributed by atoms with van der Waals surface area (Å²) >= 11 is 0. The van der Waals surface area contributed by atoms with Crippen molar-refractivity contribution in [1.29, 1.82) is 0 Å². The van der Waals surface area contributed by atoms with Crippen molar-refractivity contribution in [3.05, 3.63) is 169 Å². The molecule has 48 heavy (non-hydrogen) atoms. The van der Waals surface area contributed by atoms with E-state index >= 15 is 0 Å². The molecule has 0 fully saturated rings. The van der Waals surface area contributed by atoms with Gasteiger partial charge in [-0.1, -0.05) is 133 Å². The Kier molecular flexibility index (Phi) is 6.91. The van der Waals surface area contributed by atoms with Crippen LogP contribution in [-0.4, -0.2) is 15.0 Å². The molecule has 9 rings (SSSR count). The number of nitrogens with one attached hydrogen (secondary N) is 1. The SMILES string of the molecule is NC(N/C(=N\Cn1c2ccccc2c2cc3c4c5ccccc5ccc4n(C4C=CC=CC4)c3cc21)c1ccccc1)c1ccccc1. The molecule has 0 spiro atoms. The molecule has 8 aromatic rings. The van der Waals surface area contributed by atoms with Crippen molar-refractivity contribution in [2.75, 3.05) is 0 Å². The summed E-state index contributed by atoms with van der Waals surface area (Å²) in [5, 5.41) is 11.1. The monoisotopic (exact) mass is 621 g/mol. The van der Waals surface area contributed by atoms with Gasteiger partial charge in [-0.15, -0.1) is 0 Å². The summed E-state index contributed by atoms with van der Waals surface area (Å²) in [5.41, 5.74) is 13.5. The van der Waals surface area contributed by atoms with Crippen molar-refractivity contribution in [2.24, 2.45) is 10.7 Å². The second-order valence-electron chi connectivity index (χ2n) is 12.5. The molecule has 0 saturated heterocycles. The fourth-order valence-electron chi connectivity index (χ4n) is 7.47. The Morgan fingerprint density at radius 2 is 1.44 bits per heavy atom. The van der Waals surface area contributed by atoms with Gasteiger partial charge in [-0.25, -0.2) is 4.99 Å². The van der Waals surface area contributed by atoms with E-state index in [2.05, 4.69) is 124 Å². The van der Waals surface area contributed by atoms with Crippen molar-refractivity contribution in [3.63, 3.8) is 0 Å². The normalized spacial score (nSPS) is 15.7. The van der Waals surface area contributed by atoms with Crippen LogP contribution in [0.3, 0.4) is 0 Å². The number of hydrogen-bond donors (Lipinski definition) is 2. The van der Waals surface area contributed by atoms with Crippen LogP contribution < -0.4 is 11.1 Å². The van der Waals surface area contributed by atoms with Crippen LogP contribution >= 0.6 is 0 Å².